The molecule has 3 aromatic carbocycles. The van der Waals surface area contributed by atoms with Crippen molar-refractivity contribution in [1.82, 2.24) is 4.98 Å². The Bertz CT molecular complexity index is 1380. The third-order valence-electron chi connectivity index (χ3n) is 5.16. The molecule has 1 aromatic heterocycles. The quantitative estimate of drug-likeness (QED) is 0.238. The Labute approximate surface area is 183 Å². The van der Waals surface area contributed by atoms with Gasteiger partial charge >= 0.3 is 0 Å². The molecule has 1 aliphatic heterocycles. The second kappa shape index (κ2) is 7.59. The second-order valence-electron chi connectivity index (χ2n) is 7.29. The molecular formula is C24H20N4O4. The number of nitrogen functional groups attached to an aromatic ring is 2. The number of anilines is 3. The zero-order valence-corrected chi connectivity index (χ0v) is 16.9. The van der Waals surface area contributed by atoms with Crippen LogP contribution in [0.4, 0.5) is 17.1 Å². The molecule has 0 fully saturated rings. The Morgan fingerprint density at radius 2 is 1.53 bits per heavy atom. The van der Waals surface area contributed by atoms with Crippen LogP contribution in [0, 0.1) is 0 Å². The highest BCUT2D eigenvalue weighted by Crippen LogP contribution is 2.39. The van der Waals surface area contributed by atoms with Crippen LogP contribution in [0.25, 0.3) is 16.7 Å². The van der Waals surface area contributed by atoms with E-state index in [1.807, 2.05) is 18.2 Å². The van der Waals surface area contributed by atoms with Gasteiger partial charge in [-0.3, -0.25) is 4.98 Å². The number of aromatic nitrogens is 1. The predicted molar refractivity (Wildman–Crippen MR) is 124 cm³/mol. The molecule has 0 saturated carbocycles. The maximum atomic E-state index is 9.87. The maximum Gasteiger partial charge on any atom is 0.142 e. The number of ether oxygens (including phenoxy) is 2. The van der Waals surface area contributed by atoms with Crippen LogP contribution >= 0.6 is 0 Å². The van der Waals surface area contributed by atoms with Crippen LogP contribution in [-0.4, -0.2) is 21.7 Å². The topological polar surface area (TPSA) is 136 Å². The van der Waals surface area contributed by atoms with E-state index >= 15 is 0 Å². The molecule has 5 rings (SSSR count). The molecule has 0 unspecified atom stereocenters. The lowest BCUT2D eigenvalue weighted by Gasteiger charge is -2.21. The molecule has 8 heteroatoms. The third-order valence-corrected chi connectivity index (χ3v) is 5.16. The molecule has 1 aliphatic rings. The number of phenolic OH excluding ortho intramolecular Hbond substituents is 2. The smallest absolute Gasteiger partial charge is 0.142 e. The number of fused-ring (bicyclic) bond motifs is 3. The van der Waals surface area contributed by atoms with Crippen molar-refractivity contribution >= 4 is 33.7 Å². The average molecular weight is 428 g/mol. The van der Waals surface area contributed by atoms with Crippen LogP contribution in [0.5, 0.6) is 28.7 Å². The van der Waals surface area contributed by atoms with Crippen LogP contribution in [0.2, 0.25) is 0 Å². The summed E-state index contributed by atoms with van der Waals surface area (Å²) in [5.41, 5.74) is 14.3. The van der Waals surface area contributed by atoms with Gasteiger partial charge in [0.1, 0.15) is 34.5 Å². The predicted octanol–water partition coefficient (Wildman–Crippen LogP) is 4.45. The highest BCUT2D eigenvalue weighted by molar-refractivity contribution is 6.00. The fraction of sp³-hybridized carbons (Fsp3) is 0.0417. The summed E-state index contributed by atoms with van der Waals surface area (Å²) in [6.07, 6.45) is 3.58. The van der Waals surface area contributed by atoms with Crippen molar-refractivity contribution < 1.29 is 19.7 Å². The van der Waals surface area contributed by atoms with E-state index in [1.165, 1.54) is 12.1 Å². The summed E-state index contributed by atoms with van der Waals surface area (Å²) in [6.45, 7) is 0.543. The zero-order valence-electron chi connectivity index (χ0n) is 16.9. The van der Waals surface area contributed by atoms with E-state index in [0.29, 0.717) is 35.1 Å². The number of rotatable bonds is 4. The Kier molecular flexibility index (Phi) is 4.59. The second-order valence-corrected chi connectivity index (χ2v) is 7.29. The van der Waals surface area contributed by atoms with E-state index in [1.54, 1.807) is 36.5 Å². The van der Waals surface area contributed by atoms with E-state index in [2.05, 4.69) is 10.3 Å². The van der Waals surface area contributed by atoms with Crippen molar-refractivity contribution in [1.29, 1.82) is 0 Å². The Morgan fingerprint density at radius 3 is 2.22 bits per heavy atom. The first-order valence-electron chi connectivity index (χ1n) is 9.88. The van der Waals surface area contributed by atoms with Crippen molar-refractivity contribution in [2.75, 3.05) is 23.3 Å². The SMILES string of the molecule is Nc1ccc(OC2=CCNc3c2ccc2c(Oc4ccc(N)c(O)c4)ccnc32)cc1O. The molecular weight excluding hydrogens is 408 g/mol. The minimum Gasteiger partial charge on any atom is -0.506 e. The first kappa shape index (κ1) is 19.4. The highest BCUT2D eigenvalue weighted by atomic mass is 16.5. The number of nitrogens with two attached hydrogens (primary N) is 2. The van der Waals surface area contributed by atoms with Crippen molar-refractivity contribution in [3.8, 4) is 28.7 Å². The standard InChI is InChI=1S/C24H20N4O4/c25-17-5-1-13(11-19(17)29)31-21-7-9-27-23-15(21)3-4-16-22(8-10-28-24(16)23)32-14-2-6-18(26)20(30)12-14/h1-9,11-12,28-30H,10,25-26H2. The summed E-state index contributed by atoms with van der Waals surface area (Å²) in [5.74, 6) is 2.09. The number of hydrogen-bond acceptors (Lipinski definition) is 8. The van der Waals surface area contributed by atoms with Gasteiger partial charge in [-0.15, -0.1) is 0 Å². The lowest BCUT2D eigenvalue weighted by molar-refractivity contribution is 0.459. The van der Waals surface area contributed by atoms with E-state index in [9.17, 15) is 10.2 Å². The minimum atomic E-state index is -0.0412. The number of benzene rings is 3. The van der Waals surface area contributed by atoms with Crippen LogP contribution in [0.3, 0.4) is 0 Å². The molecule has 32 heavy (non-hydrogen) atoms. The number of nitrogens with zero attached hydrogens (tertiary/aromatic N) is 1. The summed E-state index contributed by atoms with van der Waals surface area (Å²) in [4.78, 5) is 4.54. The van der Waals surface area contributed by atoms with Gasteiger partial charge in [0.25, 0.3) is 0 Å². The van der Waals surface area contributed by atoms with Crippen molar-refractivity contribution in [2.45, 2.75) is 0 Å². The van der Waals surface area contributed by atoms with E-state index < -0.39 is 0 Å². The molecule has 2 heterocycles. The highest BCUT2D eigenvalue weighted by Gasteiger charge is 2.20. The van der Waals surface area contributed by atoms with Gasteiger partial charge in [0.05, 0.1) is 22.6 Å². The normalized spacial score (nSPS) is 12.6. The monoisotopic (exact) mass is 428 g/mol. The molecule has 0 atom stereocenters. The van der Waals surface area contributed by atoms with Gasteiger partial charge in [-0.1, -0.05) is 0 Å². The molecule has 0 saturated heterocycles. The van der Waals surface area contributed by atoms with Gasteiger partial charge in [-0.25, -0.2) is 0 Å². The number of phenols is 2. The van der Waals surface area contributed by atoms with Crippen molar-refractivity contribution in [3.05, 3.63) is 72.4 Å². The molecule has 160 valence electrons. The first-order chi connectivity index (χ1) is 15.5. The number of pyridine rings is 1. The van der Waals surface area contributed by atoms with Gasteiger partial charge < -0.3 is 36.5 Å². The lowest BCUT2D eigenvalue weighted by Crippen LogP contribution is -2.12. The third kappa shape index (κ3) is 3.43. The molecule has 4 aromatic rings. The Balaban J connectivity index is 1.51. The molecule has 0 aliphatic carbocycles. The van der Waals surface area contributed by atoms with Gasteiger partial charge in [-0.05, 0) is 48.5 Å². The first-order valence-corrected chi connectivity index (χ1v) is 9.88. The number of nitrogens with one attached hydrogen (secondary N) is 1. The summed E-state index contributed by atoms with van der Waals surface area (Å²) in [5, 5.41) is 23.9. The zero-order chi connectivity index (χ0) is 22.2. The summed E-state index contributed by atoms with van der Waals surface area (Å²) in [7, 11) is 0. The maximum absolute atomic E-state index is 9.87. The molecule has 0 amide bonds. The van der Waals surface area contributed by atoms with Crippen molar-refractivity contribution in [3.63, 3.8) is 0 Å². The molecule has 7 N–H and O–H groups in total. The van der Waals surface area contributed by atoms with Gasteiger partial charge in [0.2, 0.25) is 0 Å². The Morgan fingerprint density at radius 1 is 0.844 bits per heavy atom. The van der Waals surface area contributed by atoms with Crippen LogP contribution in [0.15, 0.2) is 66.9 Å². The molecule has 0 spiro atoms. The number of aromatic hydroxyl groups is 2. The van der Waals surface area contributed by atoms with E-state index in [0.717, 1.165) is 16.6 Å². The largest absolute Gasteiger partial charge is 0.506 e. The van der Waals surface area contributed by atoms with Gasteiger partial charge in [0.15, 0.2) is 0 Å². The van der Waals surface area contributed by atoms with E-state index in [4.69, 9.17) is 20.9 Å². The summed E-state index contributed by atoms with van der Waals surface area (Å²) < 4.78 is 12.0. The fourth-order valence-corrected chi connectivity index (χ4v) is 3.55. The average Bonchev–Trinajstić information content (AvgIpc) is 2.79. The van der Waals surface area contributed by atoms with Gasteiger partial charge in [0, 0.05) is 35.8 Å². The minimum absolute atomic E-state index is 0.0343. The molecule has 0 bridgehead atoms. The lowest BCUT2D eigenvalue weighted by atomic mass is 10.0. The molecule has 0 radical (unpaired) electrons. The van der Waals surface area contributed by atoms with E-state index in [-0.39, 0.29) is 22.9 Å². The fourth-order valence-electron chi connectivity index (χ4n) is 3.55. The van der Waals surface area contributed by atoms with Crippen LogP contribution in [-0.2, 0) is 0 Å². The number of hydrogen-bond donors (Lipinski definition) is 5. The van der Waals surface area contributed by atoms with Gasteiger partial charge in [-0.2, -0.15) is 0 Å². The van der Waals surface area contributed by atoms with Crippen molar-refractivity contribution in [2.24, 2.45) is 0 Å². The summed E-state index contributed by atoms with van der Waals surface area (Å²) >= 11 is 0. The Hall–Kier alpha value is -4.59. The summed E-state index contributed by atoms with van der Waals surface area (Å²) in [6, 6.07) is 15.1. The molecule has 8 nitrogen and oxygen atoms in total. The van der Waals surface area contributed by atoms with Crippen LogP contribution in [0.1, 0.15) is 5.56 Å². The van der Waals surface area contributed by atoms with Crippen LogP contribution < -0.4 is 26.3 Å².